The van der Waals surface area contributed by atoms with E-state index in [1.165, 1.54) is 19.3 Å². The normalized spacial score (nSPS) is 21.1. The van der Waals surface area contributed by atoms with Gasteiger partial charge in [0.05, 0.1) is 6.26 Å². The van der Waals surface area contributed by atoms with E-state index in [0.717, 1.165) is 57.0 Å². The van der Waals surface area contributed by atoms with Gasteiger partial charge in [0.25, 0.3) is 0 Å². The summed E-state index contributed by atoms with van der Waals surface area (Å²) >= 11 is 0. The van der Waals surface area contributed by atoms with Crippen molar-refractivity contribution in [3.05, 3.63) is 24.2 Å². The number of hydrogen-bond donors (Lipinski definition) is 2. The molecule has 2 aliphatic rings. The Kier molecular flexibility index (Phi) is 8.21. The maximum atomic E-state index is 12.7. The summed E-state index contributed by atoms with van der Waals surface area (Å²) in [5, 5.41) is 6.79. The van der Waals surface area contributed by atoms with Gasteiger partial charge in [0.15, 0.2) is 5.96 Å². The molecule has 2 N–H and O–H groups in total. The fraction of sp³-hybridized carbons (Fsp3) is 0.714. The Labute approximate surface area is 167 Å². The number of amides is 1. The molecule has 1 saturated carbocycles. The third-order valence-electron chi connectivity index (χ3n) is 5.60. The summed E-state index contributed by atoms with van der Waals surface area (Å²) < 4.78 is 10.8. The van der Waals surface area contributed by atoms with Crippen LogP contribution in [0, 0.1) is 5.92 Å². The number of likely N-dealkylation sites (tertiary alicyclic amines) is 1. The molecule has 1 aliphatic heterocycles. The minimum absolute atomic E-state index is 0.256. The van der Waals surface area contributed by atoms with Crippen LogP contribution in [0.4, 0.5) is 0 Å². The van der Waals surface area contributed by atoms with E-state index < -0.39 is 0 Å². The van der Waals surface area contributed by atoms with Gasteiger partial charge in [0.1, 0.15) is 12.4 Å². The molecule has 0 spiro atoms. The highest BCUT2D eigenvalue weighted by atomic mass is 16.5. The van der Waals surface area contributed by atoms with Gasteiger partial charge >= 0.3 is 0 Å². The van der Waals surface area contributed by atoms with Crippen LogP contribution in [0.5, 0.6) is 0 Å². The van der Waals surface area contributed by atoms with Crippen LogP contribution in [0.1, 0.15) is 50.7 Å². The molecule has 3 rings (SSSR count). The van der Waals surface area contributed by atoms with Gasteiger partial charge in [-0.3, -0.25) is 9.79 Å². The molecule has 7 nitrogen and oxygen atoms in total. The number of carbonyl (C=O) groups excluding carboxylic acids is 1. The first-order valence-electron chi connectivity index (χ1n) is 10.6. The van der Waals surface area contributed by atoms with Crippen LogP contribution < -0.4 is 10.6 Å². The van der Waals surface area contributed by atoms with Crippen LogP contribution in [0.25, 0.3) is 0 Å². The summed E-state index contributed by atoms with van der Waals surface area (Å²) in [5.41, 5.74) is 0. The van der Waals surface area contributed by atoms with Crippen LogP contribution in [0.3, 0.4) is 0 Å². The number of guanidine groups is 1. The predicted molar refractivity (Wildman–Crippen MR) is 109 cm³/mol. The second-order valence-electron chi connectivity index (χ2n) is 7.73. The first kappa shape index (κ1) is 20.7. The summed E-state index contributed by atoms with van der Waals surface area (Å²) in [5.74, 6) is 2.26. The highest BCUT2D eigenvalue weighted by molar-refractivity contribution is 5.81. The van der Waals surface area contributed by atoms with Gasteiger partial charge in [-0.15, -0.1) is 0 Å². The lowest BCUT2D eigenvalue weighted by molar-refractivity contribution is -0.135. The molecule has 0 aromatic carbocycles. The highest BCUT2D eigenvalue weighted by Crippen LogP contribution is 2.26. The van der Waals surface area contributed by atoms with Crippen LogP contribution >= 0.6 is 0 Å². The van der Waals surface area contributed by atoms with E-state index >= 15 is 0 Å². The van der Waals surface area contributed by atoms with Gasteiger partial charge in [0.2, 0.25) is 5.91 Å². The zero-order chi connectivity index (χ0) is 19.6. The SMILES string of the molecule is CN=C(NCCCOCc1ccco1)NC1CCN(C(=O)C2CCCCC2)C1. The van der Waals surface area contributed by atoms with E-state index in [0.29, 0.717) is 19.1 Å². The molecule has 0 radical (unpaired) electrons. The molecule has 28 heavy (non-hydrogen) atoms. The average Bonchev–Trinajstić information content (AvgIpc) is 3.42. The van der Waals surface area contributed by atoms with E-state index in [9.17, 15) is 4.79 Å². The number of nitrogens with one attached hydrogen (secondary N) is 2. The van der Waals surface area contributed by atoms with Gasteiger partial charge in [-0.25, -0.2) is 0 Å². The van der Waals surface area contributed by atoms with E-state index in [1.807, 2.05) is 17.0 Å². The number of ether oxygens (including phenoxy) is 1. The van der Waals surface area contributed by atoms with Gasteiger partial charge in [0, 0.05) is 45.2 Å². The fourth-order valence-electron chi connectivity index (χ4n) is 4.02. The van der Waals surface area contributed by atoms with Crippen molar-refractivity contribution in [1.82, 2.24) is 15.5 Å². The lowest BCUT2D eigenvalue weighted by atomic mass is 9.88. The average molecular weight is 391 g/mol. The molecule has 2 heterocycles. The van der Waals surface area contributed by atoms with E-state index in [4.69, 9.17) is 9.15 Å². The molecule has 156 valence electrons. The summed E-state index contributed by atoms with van der Waals surface area (Å²) in [6.45, 7) is 3.59. The molecule has 2 fully saturated rings. The second kappa shape index (κ2) is 11.1. The number of furan rings is 1. The lowest BCUT2D eigenvalue weighted by Crippen LogP contribution is -2.45. The molecule has 1 aromatic heterocycles. The van der Waals surface area contributed by atoms with Crippen molar-refractivity contribution in [1.29, 1.82) is 0 Å². The molecule has 1 amide bonds. The van der Waals surface area contributed by atoms with E-state index in [2.05, 4.69) is 15.6 Å². The second-order valence-corrected chi connectivity index (χ2v) is 7.73. The van der Waals surface area contributed by atoms with Gasteiger partial charge in [-0.1, -0.05) is 19.3 Å². The van der Waals surface area contributed by atoms with Gasteiger partial charge < -0.3 is 24.7 Å². The largest absolute Gasteiger partial charge is 0.467 e. The van der Waals surface area contributed by atoms with Gasteiger partial charge in [-0.05, 0) is 37.8 Å². The topological polar surface area (TPSA) is 79.1 Å². The van der Waals surface area contributed by atoms with Crippen molar-refractivity contribution in [3.63, 3.8) is 0 Å². The maximum absolute atomic E-state index is 12.7. The highest BCUT2D eigenvalue weighted by Gasteiger charge is 2.31. The van der Waals surface area contributed by atoms with Crippen LogP contribution in [-0.4, -0.2) is 56.1 Å². The Bertz CT molecular complexity index is 611. The Hall–Kier alpha value is -2.02. The first-order valence-corrected chi connectivity index (χ1v) is 10.6. The molecule has 1 saturated heterocycles. The predicted octanol–water partition coefficient (Wildman–Crippen LogP) is 2.53. The number of nitrogens with zero attached hydrogens (tertiary/aromatic N) is 2. The Morgan fingerprint density at radius 3 is 2.93 bits per heavy atom. The van der Waals surface area contributed by atoms with Crippen molar-refractivity contribution < 1.29 is 13.9 Å². The van der Waals surface area contributed by atoms with Crippen molar-refractivity contribution in [2.24, 2.45) is 10.9 Å². The smallest absolute Gasteiger partial charge is 0.225 e. The molecule has 1 aliphatic carbocycles. The van der Waals surface area contributed by atoms with E-state index in [1.54, 1.807) is 13.3 Å². The third-order valence-corrected chi connectivity index (χ3v) is 5.60. The summed E-state index contributed by atoms with van der Waals surface area (Å²) in [6.07, 6.45) is 9.34. The lowest BCUT2D eigenvalue weighted by Gasteiger charge is -2.26. The minimum Gasteiger partial charge on any atom is -0.467 e. The van der Waals surface area contributed by atoms with Crippen molar-refractivity contribution in [3.8, 4) is 0 Å². The fourth-order valence-corrected chi connectivity index (χ4v) is 4.02. The van der Waals surface area contributed by atoms with Crippen molar-refractivity contribution >= 4 is 11.9 Å². The zero-order valence-electron chi connectivity index (χ0n) is 17.0. The molecular formula is C21H34N4O3. The zero-order valence-corrected chi connectivity index (χ0v) is 17.0. The van der Waals surface area contributed by atoms with Gasteiger partial charge in [-0.2, -0.15) is 0 Å². The molecule has 1 unspecified atom stereocenters. The summed E-state index contributed by atoms with van der Waals surface area (Å²) in [4.78, 5) is 19.0. The van der Waals surface area contributed by atoms with E-state index in [-0.39, 0.29) is 12.0 Å². The quantitative estimate of drug-likeness (QED) is 0.405. The Morgan fingerprint density at radius 2 is 2.18 bits per heavy atom. The number of rotatable bonds is 8. The standard InChI is InChI=1S/C21H34N4O3/c1-22-21(23-11-6-13-27-16-19-9-5-14-28-19)24-18-10-12-25(15-18)20(26)17-7-3-2-4-8-17/h5,9,14,17-18H,2-4,6-8,10-13,15-16H2,1H3,(H2,22,23,24). The number of carbonyl (C=O) groups is 1. The van der Waals surface area contributed by atoms with Crippen LogP contribution in [0.2, 0.25) is 0 Å². The Balaban J connectivity index is 1.29. The van der Waals surface area contributed by atoms with Crippen molar-refractivity contribution in [2.45, 2.75) is 57.6 Å². The number of aliphatic imine (C=N–C) groups is 1. The molecule has 0 bridgehead atoms. The minimum atomic E-state index is 0.256. The van der Waals surface area contributed by atoms with Crippen molar-refractivity contribution in [2.75, 3.05) is 33.3 Å². The Morgan fingerprint density at radius 1 is 1.32 bits per heavy atom. The van der Waals surface area contributed by atoms with Crippen LogP contribution in [0.15, 0.2) is 27.8 Å². The molecular weight excluding hydrogens is 356 g/mol. The van der Waals surface area contributed by atoms with Crippen LogP contribution in [-0.2, 0) is 16.1 Å². The number of hydrogen-bond acceptors (Lipinski definition) is 4. The summed E-state index contributed by atoms with van der Waals surface area (Å²) in [7, 11) is 1.78. The maximum Gasteiger partial charge on any atom is 0.225 e. The molecule has 1 aromatic rings. The first-order chi connectivity index (χ1) is 13.8. The molecule has 7 heteroatoms. The monoisotopic (exact) mass is 390 g/mol. The summed E-state index contributed by atoms with van der Waals surface area (Å²) in [6, 6.07) is 4.05. The third kappa shape index (κ3) is 6.26. The molecule has 1 atom stereocenters.